The van der Waals surface area contributed by atoms with Crippen LogP contribution in [-0.2, 0) is 0 Å². The smallest absolute Gasteiger partial charge is 0.0406 e. The predicted octanol–water partition coefficient (Wildman–Crippen LogP) is 3.35. The minimum atomic E-state index is 0.787. The monoisotopic (exact) mass is 201 g/mol. The van der Waals surface area contributed by atoms with Crippen molar-refractivity contribution in [3.8, 4) is 0 Å². The number of benzene rings is 1. The first-order chi connectivity index (χ1) is 5.83. The Morgan fingerprint density at radius 3 is 2.58 bits per heavy atom. The maximum Gasteiger partial charge on any atom is 0.0406 e. The van der Waals surface area contributed by atoms with Gasteiger partial charge in [0.15, 0.2) is 0 Å². The highest BCUT2D eigenvalue weighted by atomic mass is 35.5. The van der Waals surface area contributed by atoms with Gasteiger partial charge in [0.05, 0.1) is 0 Å². The third-order valence-electron chi connectivity index (χ3n) is 1.36. The Morgan fingerprint density at radius 1 is 1.33 bits per heavy atom. The first-order valence-electron chi connectivity index (χ1n) is 3.98. The zero-order chi connectivity index (χ0) is 8.81. The van der Waals surface area contributed by atoms with E-state index in [0.717, 1.165) is 18.0 Å². The number of halogens is 1. The number of nitrogens with one attached hydrogen (secondary N) is 1. The van der Waals surface area contributed by atoms with Gasteiger partial charge in [-0.3, -0.25) is 4.72 Å². The van der Waals surface area contributed by atoms with Crippen LogP contribution in [0, 0.1) is 0 Å². The molecule has 12 heavy (non-hydrogen) atoms. The Labute approximate surface area is 82.6 Å². The lowest BCUT2D eigenvalue weighted by molar-refractivity contribution is 0.877. The van der Waals surface area contributed by atoms with Crippen molar-refractivity contribution in [1.82, 2.24) is 4.72 Å². The number of rotatable bonds is 4. The van der Waals surface area contributed by atoms with Crippen molar-refractivity contribution in [2.24, 2.45) is 0 Å². The second kappa shape index (κ2) is 5.46. The molecular weight excluding hydrogens is 190 g/mol. The first-order valence-corrected chi connectivity index (χ1v) is 5.17. The molecule has 1 aromatic rings. The van der Waals surface area contributed by atoms with Gasteiger partial charge in [-0.1, -0.05) is 18.5 Å². The molecule has 1 aromatic carbocycles. The van der Waals surface area contributed by atoms with Crippen LogP contribution in [0.15, 0.2) is 29.2 Å². The predicted molar refractivity (Wildman–Crippen MR) is 55.6 cm³/mol. The second-order valence-electron chi connectivity index (χ2n) is 2.45. The van der Waals surface area contributed by atoms with Crippen molar-refractivity contribution in [2.45, 2.75) is 18.2 Å². The van der Waals surface area contributed by atoms with E-state index in [1.165, 1.54) is 4.90 Å². The van der Waals surface area contributed by atoms with Crippen molar-refractivity contribution >= 4 is 23.5 Å². The molecule has 0 aliphatic rings. The van der Waals surface area contributed by atoms with Gasteiger partial charge in [0, 0.05) is 16.5 Å². The third kappa shape index (κ3) is 3.48. The molecule has 0 aromatic heterocycles. The minimum absolute atomic E-state index is 0.787. The van der Waals surface area contributed by atoms with Crippen LogP contribution in [0.5, 0.6) is 0 Å². The van der Waals surface area contributed by atoms with E-state index in [2.05, 4.69) is 11.6 Å². The quantitative estimate of drug-likeness (QED) is 0.593. The van der Waals surface area contributed by atoms with Crippen LogP contribution in [0.2, 0.25) is 5.02 Å². The molecule has 1 N–H and O–H groups in total. The van der Waals surface area contributed by atoms with E-state index in [-0.39, 0.29) is 0 Å². The summed E-state index contributed by atoms with van der Waals surface area (Å²) in [7, 11) is 0. The van der Waals surface area contributed by atoms with Crippen LogP contribution in [-0.4, -0.2) is 6.54 Å². The van der Waals surface area contributed by atoms with E-state index >= 15 is 0 Å². The maximum absolute atomic E-state index is 5.74. The van der Waals surface area contributed by atoms with Gasteiger partial charge in [-0.15, -0.1) is 0 Å². The van der Waals surface area contributed by atoms with Gasteiger partial charge in [-0.25, -0.2) is 0 Å². The van der Waals surface area contributed by atoms with Crippen molar-refractivity contribution in [3.63, 3.8) is 0 Å². The summed E-state index contributed by atoms with van der Waals surface area (Å²) >= 11 is 7.39. The van der Waals surface area contributed by atoms with Crippen LogP contribution >= 0.6 is 23.5 Å². The molecule has 0 fully saturated rings. The van der Waals surface area contributed by atoms with Gasteiger partial charge in [-0.2, -0.15) is 0 Å². The fourth-order valence-electron chi connectivity index (χ4n) is 0.739. The van der Waals surface area contributed by atoms with Gasteiger partial charge in [-0.05, 0) is 42.6 Å². The van der Waals surface area contributed by atoms with E-state index < -0.39 is 0 Å². The van der Waals surface area contributed by atoms with Crippen molar-refractivity contribution < 1.29 is 0 Å². The van der Waals surface area contributed by atoms with E-state index in [9.17, 15) is 0 Å². The van der Waals surface area contributed by atoms with Gasteiger partial charge in [0.2, 0.25) is 0 Å². The summed E-state index contributed by atoms with van der Waals surface area (Å²) < 4.78 is 3.24. The molecule has 66 valence electrons. The van der Waals surface area contributed by atoms with Crippen molar-refractivity contribution in [2.75, 3.05) is 6.54 Å². The van der Waals surface area contributed by atoms with E-state index in [4.69, 9.17) is 11.6 Å². The molecule has 0 heterocycles. The van der Waals surface area contributed by atoms with Gasteiger partial charge < -0.3 is 0 Å². The molecule has 0 radical (unpaired) electrons. The van der Waals surface area contributed by atoms with E-state index in [1.54, 1.807) is 11.9 Å². The van der Waals surface area contributed by atoms with Crippen LogP contribution in [0.1, 0.15) is 13.3 Å². The van der Waals surface area contributed by atoms with Crippen molar-refractivity contribution in [1.29, 1.82) is 0 Å². The Balaban J connectivity index is 2.37. The summed E-state index contributed by atoms with van der Waals surface area (Å²) in [5.41, 5.74) is 0. The van der Waals surface area contributed by atoms with Crippen molar-refractivity contribution in [3.05, 3.63) is 29.3 Å². The molecule has 0 unspecified atom stereocenters. The van der Waals surface area contributed by atoms with Crippen LogP contribution in [0.25, 0.3) is 0 Å². The zero-order valence-electron chi connectivity index (χ0n) is 7.01. The molecule has 0 amide bonds. The van der Waals surface area contributed by atoms with Gasteiger partial charge in [0.1, 0.15) is 0 Å². The minimum Gasteiger partial charge on any atom is -0.260 e. The molecule has 0 saturated heterocycles. The average Bonchev–Trinajstić information content (AvgIpc) is 2.09. The first kappa shape index (κ1) is 9.90. The largest absolute Gasteiger partial charge is 0.260 e. The summed E-state index contributed by atoms with van der Waals surface area (Å²) in [5.74, 6) is 0. The highest BCUT2D eigenvalue weighted by molar-refractivity contribution is 7.97. The Kier molecular flexibility index (Phi) is 4.51. The molecule has 1 rings (SSSR count). The van der Waals surface area contributed by atoms with E-state index in [1.807, 2.05) is 24.3 Å². The normalized spacial score (nSPS) is 10.2. The molecule has 0 saturated carbocycles. The summed E-state index contributed by atoms with van der Waals surface area (Å²) in [6.07, 6.45) is 1.15. The lowest BCUT2D eigenvalue weighted by Gasteiger charge is -2.01. The van der Waals surface area contributed by atoms with Gasteiger partial charge >= 0.3 is 0 Å². The molecule has 0 bridgehead atoms. The molecule has 1 nitrogen and oxygen atoms in total. The van der Waals surface area contributed by atoms with Crippen LogP contribution in [0.3, 0.4) is 0 Å². The Hall–Kier alpha value is -0.180. The fourth-order valence-corrected chi connectivity index (χ4v) is 1.61. The Bertz CT molecular complexity index is 222. The summed E-state index contributed by atoms with van der Waals surface area (Å²) in [6.45, 7) is 3.18. The summed E-state index contributed by atoms with van der Waals surface area (Å²) in [6, 6.07) is 7.82. The third-order valence-corrected chi connectivity index (χ3v) is 2.46. The standard InChI is InChI=1S/C9H12ClNS/c1-2-7-11-12-9-5-3-8(10)4-6-9/h3-6,11H,2,7H2,1H3. The van der Waals surface area contributed by atoms with Crippen LogP contribution < -0.4 is 4.72 Å². The number of hydrogen-bond donors (Lipinski definition) is 1. The second-order valence-corrected chi connectivity index (χ2v) is 3.85. The zero-order valence-corrected chi connectivity index (χ0v) is 8.58. The van der Waals surface area contributed by atoms with Crippen LogP contribution in [0.4, 0.5) is 0 Å². The highest BCUT2D eigenvalue weighted by Gasteiger charge is 1.91. The molecule has 0 atom stereocenters. The van der Waals surface area contributed by atoms with E-state index in [0.29, 0.717) is 0 Å². The maximum atomic E-state index is 5.74. The Morgan fingerprint density at radius 2 is 2.00 bits per heavy atom. The number of hydrogen-bond acceptors (Lipinski definition) is 2. The highest BCUT2D eigenvalue weighted by Crippen LogP contribution is 2.17. The lowest BCUT2D eigenvalue weighted by Crippen LogP contribution is -2.02. The topological polar surface area (TPSA) is 12.0 Å². The lowest BCUT2D eigenvalue weighted by atomic mass is 10.4. The van der Waals surface area contributed by atoms with Gasteiger partial charge in [0.25, 0.3) is 0 Å². The fraction of sp³-hybridized carbons (Fsp3) is 0.333. The average molecular weight is 202 g/mol. The molecule has 3 heteroatoms. The molecule has 0 aliphatic heterocycles. The molecule has 0 aliphatic carbocycles. The molecular formula is C9H12ClNS. The summed E-state index contributed by atoms with van der Waals surface area (Å²) in [4.78, 5) is 1.20. The SMILES string of the molecule is CCCNSc1ccc(Cl)cc1. The molecule has 0 spiro atoms. The summed E-state index contributed by atoms with van der Waals surface area (Å²) in [5, 5.41) is 0.787.